The number of hydrogen-bond acceptors (Lipinski definition) is 7. The molecule has 2 heterocycles. The van der Waals surface area contributed by atoms with Gasteiger partial charge >= 0.3 is 0 Å². The Labute approximate surface area is 146 Å². The molecule has 3 rings (SSSR count). The maximum Gasteiger partial charge on any atom is 0.131 e. The summed E-state index contributed by atoms with van der Waals surface area (Å²) in [5.41, 5.74) is 0.977. The molecule has 1 unspecified atom stereocenters. The zero-order valence-electron chi connectivity index (χ0n) is 14.1. The second-order valence-corrected chi connectivity index (χ2v) is 5.76. The molecule has 0 radical (unpaired) electrons. The number of nitrogens with zero attached hydrogens (tertiary/aromatic N) is 3. The first-order valence-corrected chi connectivity index (χ1v) is 8.28. The average Bonchev–Trinajstić information content (AvgIpc) is 2.64. The van der Waals surface area contributed by atoms with Gasteiger partial charge in [-0.15, -0.1) is 0 Å². The molecule has 0 bridgehead atoms. The second kappa shape index (κ2) is 8.25. The number of aliphatic hydroxyl groups is 1. The summed E-state index contributed by atoms with van der Waals surface area (Å²) in [7, 11) is 0. The van der Waals surface area contributed by atoms with Crippen molar-refractivity contribution in [2.24, 2.45) is 0 Å². The largest absolute Gasteiger partial charge is 0.392 e. The van der Waals surface area contributed by atoms with Crippen molar-refractivity contribution in [2.75, 3.05) is 35.6 Å². The predicted molar refractivity (Wildman–Crippen MR) is 101 cm³/mol. The predicted octanol–water partition coefficient (Wildman–Crippen LogP) is 2.34. The topological polar surface area (TPSA) is 95.0 Å². The third-order valence-electron chi connectivity index (χ3n) is 3.58. The molecule has 0 aliphatic carbocycles. The van der Waals surface area contributed by atoms with Crippen LogP contribution >= 0.6 is 0 Å². The highest BCUT2D eigenvalue weighted by Crippen LogP contribution is 2.14. The van der Waals surface area contributed by atoms with Crippen LogP contribution in [0.4, 0.5) is 17.5 Å². The van der Waals surface area contributed by atoms with E-state index < -0.39 is 6.10 Å². The minimum atomic E-state index is -0.426. The summed E-state index contributed by atoms with van der Waals surface area (Å²) >= 11 is 0. The fourth-order valence-corrected chi connectivity index (χ4v) is 2.35. The number of aromatic nitrogens is 3. The van der Waals surface area contributed by atoms with Crippen molar-refractivity contribution < 1.29 is 5.11 Å². The van der Waals surface area contributed by atoms with E-state index in [2.05, 4.69) is 37.0 Å². The molecule has 0 aliphatic rings. The number of nitrogens with one attached hydrogen (secondary N) is 3. The molecule has 0 fully saturated rings. The minimum absolute atomic E-state index is 0.426. The van der Waals surface area contributed by atoms with Gasteiger partial charge in [0.2, 0.25) is 0 Å². The van der Waals surface area contributed by atoms with E-state index >= 15 is 0 Å². The van der Waals surface area contributed by atoms with Crippen LogP contribution in [-0.4, -0.2) is 45.8 Å². The van der Waals surface area contributed by atoms with Gasteiger partial charge in [-0.3, -0.25) is 0 Å². The Hall–Kier alpha value is -2.93. The first kappa shape index (κ1) is 16.9. The van der Waals surface area contributed by atoms with Gasteiger partial charge in [0.05, 0.1) is 11.6 Å². The summed E-state index contributed by atoms with van der Waals surface area (Å²) in [4.78, 5) is 12.9. The number of hydrogen-bond donors (Lipinski definition) is 4. The lowest BCUT2D eigenvalue weighted by molar-refractivity contribution is 0.208. The molecule has 0 amide bonds. The van der Waals surface area contributed by atoms with Gasteiger partial charge in [-0.2, -0.15) is 0 Å². The lowest BCUT2D eigenvalue weighted by Gasteiger charge is -2.10. The van der Waals surface area contributed by atoms with Gasteiger partial charge in [0.15, 0.2) is 0 Å². The van der Waals surface area contributed by atoms with Gasteiger partial charge in [-0.1, -0.05) is 18.2 Å². The molecule has 7 nitrogen and oxygen atoms in total. The number of pyridine rings is 1. The highest BCUT2D eigenvalue weighted by atomic mass is 16.3. The Kier molecular flexibility index (Phi) is 5.58. The van der Waals surface area contributed by atoms with E-state index in [1.54, 1.807) is 6.92 Å². The van der Waals surface area contributed by atoms with Crippen molar-refractivity contribution in [1.29, 1.82) is 0 Å². The van der Waals surface area contributed by atoms with Crippen LogP contribution in [0, 0.1) is 0 Å². The molecule has 1 aromatic carbocycles. The fraction of sp³-hybridized carbons (Fsp3) is 0.278. The van der Waals surface area contributed by atoms with Crippen LogP contribution in [0.15, 0.2) is 48.8 Å². The molecule has 3 aromatic rings. The third-order valence-corrected chi connectivity index (χ3v) is 3.58. The standard InChI is InChI=1S/C18H22N6O/c1-13(25)11-21-18-10-17(22-12-23-18)20-9-8-19-16-7-6-14-4-2-3-5-15(14)24-16/h2-7,10,12-13,25H,8-9,11H2,1H3,(H,19,24)(H2,20,21,22,23). The van der Waals surface area contributed by atoms with Gasteiger partial charge in [-0.25, -0.2) is 15.0 Å². The van der Waals surface area contributed by atoms with Gasteiger partial charge in [0.25, 0.3) is 0 Å². The van der Waals surface area contributed by atoms with E-state index in [1.807, 2.05) is 36.4 Å². The summed E-state index contributed by atoms with van der Waals surface area (Å²) < 4.78 is 0. The van der Waals surface area contributed by atoms with E-state index in [9.17, 15) is 5.11 Å². The number of rotatable bonds is 8. The van der Waals surface area contributed by atoms with Gasteiger partial charge in [0.1, 0.15) is 23.8 Å². The monoisotopic (exact) mass is 338 g/mol. The van der Waals surface area contributed by atoms with Crippen LogP contribution in [0.5, 0.6) is 0 Å². The number of anilines is 3. The molecule has 1 atom stereocenters. The third kappa shape index (κ3) is 5.02. The minimum Gasteiger partial charge on any atom is -0.392 e. The zero-order valence-corrected chi connectivity index (χ0v) is 14.1. The summed E-state index contributed by atoms with van der Waals surface area (Å²) in [5, 5.41) is 20.0. The zero-order chi connectivity index (χ0) is 17.5. The van der Waals surface area contributed by atoms with Gasteiger partial charge < -0.3 is 21.1 Å². The second-order valence-electron chi connectivity index (χ2n) is 5.76. The van der Waals surface area contributed by atoms with E-state index in [4.69, 9.17) is 0 Å². The molecule has 0 saturated carbocycles. The fourth-order valence-electron chi connectivity index (χ4n) is 2.35. The van der Waals surface area contributed by atoms with E-state index in [-0.39, 0.29) is 0 Å². The van der Waals surface area contributed by atoms with Crippen molar-refractivity contribution in [2.45, 2.75) is 13.0 Å². The lowest BCUT2D eigenvalue weighted by Crippen LogP contribution is -2.17. The van der Waals surface area contributed by atoms with E-state index in [0.717, 1.165) is 22.5 Å². The van der Waals surface area contributed by atoms with Crippen LogP contribution in [0.2, 0.25) is 0 Å². The van der Waals surface area contributed by atoms with Crippen molar-refractivity contribution in [3.05, 3.63) is 48.8 Å². The van der Waals surface area contributed by atoms with Crippen molar-refractivity contribution >= 4 is 28.4 Å². The van der Waals surface area contributed by atoms with Crippen LogP contribution in [0.1, 0.15) is 6.92 Å². The molecule has 0 saturated heterocycles. The molecule has 4 N–H and O–H groups in total. The molecule has 0 spiro atoms. The highest BCUT2D eigenvalue weighted by Gasteiger charge is 2.01. The SMILES string of the molecule is CC(O)CNc1cc(NCCNc2ccc3ccccc3n2)ncn1. The van der Waals surface area contributed by atoms with Crippen molar-refractivity contribution in [1.82, 2.24) is 15.0 Å². The number of para-hydroxylation sites is 1. The summed E-state index contributed by atoms with van der Waals surface area (Å²) in [6, 6.07) is 13.9. The number of aliphatic hydroxyl groups excluding tert-OH is 1. The Balaban J connectivity index is 1.48. The van der Waals surface area contributed by atoms with Gasteiger partial charge in [0, 0.05) is 31.1 Å². The maximum atomic E-state index is 9.29. The average molecular weight is 338 g/mol. The summed E-state index contributed by atoms with van der Waals surface area (Å²) in [6.07, 6.45) is 1.07. The molecule has 2 aromatic heterocycles. The van der Waals surface area contributed by atoms with Crippen LogP contribution in [-0.2, 0) is 0 Å². The Bertz CT molecular complexity index is 823. The molecule has 7 heteroatoms. The summed E-state index contributed by atoms with van der Waals surface area (Å²) in [6.45, 7) is 3.58. The molecule has 25 heavy (non-hydrogen) atoms. The van der Waals surface area contributed by atoms with Crippen LogP contribution < -0.4 is 16.0 Å². The normalized spacial score (nSPS) is 11.9. The summed E-state index contributed by atoms with van der Waals surface area (Å²) in [5.74, 6) is 2.27. The van der Waals surface area contributed by atoms with E-state index in [1.165, 1.54) is 6.33 Å². The Morgan fingerprint density at radius 2 is 1.64 bits per heavy atom. The lowest BCUT2D eigenvalue weighted by atomic mass is 10.2. The first-order valence-electron chi connectivity index (χ1n) is 8.28. The molecule has 0 aliphatic heterocycles. The first-order chi connectivity index (χ1) is 12.2. The van der Waals surface area contributed by atoms with Crippen LogP contribution in [0.25, 0.3) is 10.9 Å². The molecular weight excluding hydrogens is 316 g/mol. The van der Waals surface area contributed by atoms with E-state index in [0.29, 0.717) is 25.5 Å². The van der Waals surface area contributed by atoms with Crippen LogP contribution in [0.3, 0.4) is 0 Å². The van der Waals surface area contributed by atoms with Gasteiger partial charge in [-0.05, 0) is 25.1 Å². The Morgan fingerprint density at radius 3 is 2.44 bits per heavy atom. The number of benzene rings is 1. The maximum absolute atomic E-state index is 9.29. The molecule has 130 valence electrons. The highest BCUT2D eigenvalue weighted by molar-refractivity contribution is 5.80. The molecular formula is C18H22N6O. The quantitative estimate of drug-likeness (QED) is 0.468. The number of fused-ring (bicyclic) bond motifs is 1. The van der Waals surface area contributed by atoms with Crippen molar-refractivity contribution in [3.8, 4) is 0 Å². The smallest absolute Gasteiger partial charge is 0.131 e. The van der Waals surface area contributed by atoms with Crippen molar-refractivity contribution in [3.63, 3.8) is 0 Å². The Morgan fingerprint density at radius 1 is 0.920 bits per heavy atom.